The van der Waals surface area contributed by atoms with E-state index in [1.54, 1.807) is 0 Å². The summed E-state index contributed by atoms with van der Waals surface area (Å²) in [6.07, 6.45) is 0. The molecule has 0 fully saturated rings. The minimum atomic E-state index is -0.904. The van der Waals surface area contributed by atoms with Crippen LogP contribution in [-0.2, 0) is 0 Å². The first-order valence-electron chi connectivity index (χ1n) is 4.33. The monoisotopic (exact) mass is 211 g/mol. The van der Waals surface area contributed by atoms with Crippen LogP contribution >= 0.6 is 11.3 Å². The van der Waals surface area contributed by atoms with E-state index in [1.807, 2.05) is 20.8 Å². The minimum absolute atomic E-state index is 0.130. The number of aromatic carboxylic acids is 1. The molecule has 0 aliphatic carbocycles. The number of allylic oxidation sites excluding steroid dienone is 1. The molecule has 0 radical (unpaired) electrons. The highest BCUT2D eigenvalue weighted by Crippen LogP contribution is 2.28. The molecule has 0 atom stereocenters. The average Bonchev–Trinajstić information content (AvgIpc) is 2.47. The first kappa shape index (κ1) is 10.9. The summed E-state index contributed by atoms with van der Waals surface area (Å²) >= 11 is 1.19. The Morgan fingerprint density at radius 3 is 2.43 bits per heavy atom. The fraction of sp³-hybridized carbons (Fsp3) is 0.400. The minimum Gasteiger partial charge on any atom is -0.477 e. The van der Waals surface area contributed by atoms with Crippen LogP contribution in [0.4, 0.5) is 0 Å². The van der Waals surface area contributed by atoms with Crippen molar-refractivity contribution in [2.75, 3.05) is 0 Å². The van der Waals surface area contributed by atoms with Gasteiger partial charge >= 0.3 is 5.97 Å². The Bertz CT molecular complexity index is 379. The maximum Gasteiger partial charge on any atom is 0.347 e. The molecular formula is C10H13NO2S. The summed E-state index contributed by atoms with van der Waals surface area (Å²) in [5.41, 5.74) is 1.46. The molecule has 0 saturated carbocycles. The molecule has 0 aliphatic heterocycles. The SMILES string of the molecule is C=C(C)c1nc(C(C)C)c(C(=O)O)s1. The summed E-state index contributed by atoms with van der Waals surface area (Å²) in [6.45, 7) is 9.45. The Kier molecular flexibility index (Phi) is 3.06. The van der Waals surface area contributed by atoms with E-state index in [9.17, 15) is 4.79 Å². The van der Waals surface area contributed by atoms with Crippen molar-refractivity contribution in [1.29, 1.82) is 0 Å². The third-order valence-corrected chi connectivity index (χ3v) is 2.98. The highest BCUT2D eigenvalue weighted by atomic mass is 32.1. The summed E-state index contributed by atoms with van der Waals surface area (Å²) in [4.78, 5) is 15.5. The van der Waals surface area contributed by atoms with Gasteiger partial charge in [0.05, 0.1) is 5.69 Å². The van der Waals surface area contributed by atoms with Crippen LogP contribution in [-0.4, -0.2) is 16.1 Å². The molecule has 0 aliphatic rings. The zero-order valence-corrected chi connectivity index (χ0v) is 9.31. The molecule has 1 N–H and O–H groups in total. The standard InChI is InChI=1S/C10H13NO2S/c1-5(2)7-8(10(12)13)14-9(11-7)6(3)4/h5H,3H2,1-2,4H3,(H,12,13). The number of nitrogens with zero attached hydrogens (tertiary/aromatic N) is 1. The molecule has 0 unspecified atom stereocenters. The number of rotatable bonds is 3. The van der Waals surface area contributed by atoms with Crippen LogP contribution in [0, 0.1) is 0 Å². The molecule has 1 heterocycles. The average molecular weight is 211 g/mol. The molecule has 3 nitrogen and oxygen atoms in total. The number of carbonyl (C=O) groups is 1. The number of aromatic nitrogens is 1. The summed E-state index contributed by atoms with van der Waals surface area (Å²) < 4.78 is 0. The van der Waals surface area contributed by atoms with Gasteiger partial charge < -0.3 is 5.11 Å². The lowest BCUT2D eigenvalue weighted by Gasteiger charge is -2.00. The topological polar surface area (TPSA) is 50.2 Å². The van der Waals surface area contributed by atoms with E-state index in [4.69, 9.17) is 5.11 Å². The Balaban J connectivity index is 3.26. The molecule has 1 rings (SSSR count). The molecular weight excluding hydrogens is 198 g/mol. The van der Waals surface area contributed by atoms with Crippen LogP contribution in [0.2, 0.25) is 0 Å². The van der Waals surface area contributed by atoms with E-state index in [0.717, 1.165) is 5.57 Å². The molecule has 0 bridgehead atoms. The Labute approximate surface area is 87.1 Å². The fourth-order valence-corrected chi connectivity index (χ4v) is 2.04. The summed E-state index contributed by atoms with van der Waals surface area (Å²) in [6, 6.07) is 0. The maximum atomic E-state index is 10.9. The first-order valence-corrected chi connectivity index (χ1v) is 5.15. The van der Waals surface area contributed by atoms with Gasteiger partial charge in [-0.15, -0.1) is 11.3 Å². The molecule has 76 valence electrons. The van der Waals surface area contributed by atoms with E-state index >= 15 is 0 Å². The van der Waals surface area contributed by atoms with Gasteiger partial charge in [-0.2, -0.15) is 0 Å². The molecule has 0 aromatic carbocycles. The van der Waals surface area contributed by atoms with Crippen LogP contribution < -0.4 is 0 Å². The Hall–Kier alpha value is -1.16. The van der Waals surface area contributed by atoms with Gasteiger partial charge in [-0.1, -0.05) is 20.4 Å². The zero-order valence-electron chi connectivity index (χ0n) is 8.50. The van der Waals surface area contributed by atoms with Gasteiger partial charge in [0.2, 0.25) is 0 Å². The van der Waals surface area contributed by atoms with Crippen LogP contribution in [0.1, 0.15) is 47.1 Å². The largest absolute Gasteiger partial charge is 0.477 e. The molecule has 0 saturated heterocycles. The van der Waals surface area contributed by atoms with Crippen molar-refractivity contribution in [3.05, 3.63) is 22.2 Å². The smallest absolute Gasteiger partial charge is 0.347 e. The summed E-state index contributed by atoms with van der Waals surface area (Å²) in [7, 11) is 0. The second-order valence-electron chi connectivity index (χ2n) is 3.47. The predicted molar refractivity (Wildman–Crippen MR) is 57.9 cm³/mol. The quantitative estimate of drug-likeness (QED) is 0.836. The van der Waals surface area contributed by atoms with Crippen molar-refractivity contribution in [1.82, 2.24) is 4.98 Å². The van der Waals surface area contributed by atoms with Crippen LogP contribution in [0.15, 0.2) is 6.58 Å². The third-order valence-electron chi connectivity index (χ3n) is 1.76. The van der Waals surface area contributed by atoms with E-state index in [2.05, 4.69) is 11.6 Å². The normalized spacial score (nSPS) is 10.6. The van der Waals surface area contributed by atoms with Crippen molar-refractivity contribution in [2.24, 2.45) is 0 Å². The van der Waals surface area contributed by atoms with Crippen LogP contribution in [0.25, 0.3) is 5.57 Å². The third kappa shape index (κ3) is 2.01. The van der Waals surface area contributed by atoms with E-state index in [-0.39, 0.29) is 5.92 Å². The second kappa shape index (κ2) is 3.92. The zero-order chi connectivity index (χ0) is 10.9. The number of carboxylic acid groups (broad SMARTS) is 1. The number of carboxylic acids is 1. The van der Waals surface area contributed by atoms with E-state index < -0.39 is 5.97 Å². The van der Waals surface area contributed by atoms with Gasteiger partial charge in [-0.05, 0) is 18.4 Å². The first-order chi connectivity index (χ1) is 6.43. The lowest BCUT2D eigenvalue weighted by molar-refractivity contribution is 0.0700. The summed E-state index contributed by atoms with van der Waals surface area (Å²) in [5.74, 6) is -0.774. The molecule has 14 heavy (non-hydrogen) atoms. The number of hydrogen-bond donors (Lipinski definition) is 1. The van der Waals surface area contributed by atoms with Crippen molar-refractivity contribution in [2.45, 2.75) is 26.7 Å². The lowest BCUT2D eigenvalue weighted by atomic mass is 10.1. The van der Waals surface area contributed by atoms with Crippen molar-refractivity contribution in [3.63, 3.8) is 0 Å². The molecule has 1 aromatic rings. The van der Waals surface area contributed by atoms with Gasteiger partial charge in [-0.3, -0.25) is 0 Å². The van der Waals surface area contributed by atoms with Crippen LogP contribution in [0.5, 0.6) is 0 Å². The van der Waals surface area contributed by atoms with E-state index in [1.165, 1.54) is 11.3 Å². The summed E-state index contributed by atoms with van der Waals surface area (Å²) in [5, 5.41) is 9.66. The van der Waals surface area contributed by atoms with Crippen molar-refractivity contribution in [3.8, 4) is 0 Å². The molecule has 0 amide bonds. The Morgan fingerprint density at radius 1 is 1.57 bits per heavy atom. The fourth-order valence-electron chi connectivity index (χ4n) is 1.06. The highest BCUT2D eigenvalue weighted by molar-refractivity contribution is 7.14. The number of thiazole rings is 1. The predicted octanol–water partition coefficient (Wildman–Crippen LogP) is 3.00. The van der Waals surface area contributed by atoms with Gasteiger partial charge in [0, 0.05) is 0 Å². The van der Waals surface area contributed by atoms with E-state index in [0.29, 0.717) is 15.6 Å². The molecule has 1 aromatic heterocycles. The number of hydrogen-bond acceptors (Lipinski definition) is 3. The van der Waals surface area contributed by atoms with Crippen molar-refractivity contribution < 1.29 is 9.90 Å². The molecule has 0 spiro atoms. The van der Waals surface area contributed by atoms with Gasteiger partial charge in [0.1, 0.15) is 9.88 Å². The van der Waals surface area contributed by atoms with Gasteiger partial charge in [0.15, 0.2) is 0 Å². The van der Waals surface area contributed by atoms with Gasteiger partial charge in [0.25, 0.3) is 0 Å². The highest BCUT2D eigenvalue weighted by Gasteiger charge is 2.19. The second-order valence-corrected chi connectivity index (χ2v) is 4.47. The van der Waals surface area contributed by atoms with Crippen LogP contribution in [0.3, 0.4) is 0 Å². The lowest BCUT2D eigenvalue weighted by Crippen LogP contribution is -2.00. The van der Waals surface area contributed by atoms with Crippen molar-refractivity contribution >= 4 is 22.9 Å². The maximum absolute atomic E-state index is 10.9. The molecule has 4 heteroatoms. The Morgan fingerprint density at radius 2 is 2.14 bits per heavy atom. The van der Waals surface area contributed by atoms with Gasteiger partial charge in [-0.25, -0.2) is 9.78 Å².